The van der Waals surface area contributed by atoms with Gasteiger partial charge in [0.05, 0.1) is 11.4 Å². The summed E-state index contributed by atoms with van der Waals surface area (Å²) in [6.45, 7) is 3.92. The summed E-state index contributed by atoms with van der Waals surface area (Å²) in [5, 5.41) is 4.45. The molecule has 82 valence electrons. The van der Waals surface area contributed by atoms with Gasteiger partial charge in [0.25, 0.3) is 0 Å². The van der Waals surface area contributed by atoms with E-state index < -0.39 is 0 Å². The lowest BCUT2D eigenvalue weighted by Gasteiger charge is -1.99. The third kappa shape index (κ3) is 2.02. The first-order valence-electron chi connectivity index (χ1n) is 5.06. The predicted molar refractivity (Wildman–Crippen MR) is 68.4 cm³/mol. The van der Waals surface area contributed by atoms with Crippen molar-refractivity contribution < 1.29 is 0 Å². The highest BCUT2D eigenvalue weighted by Crippen LogP contribution is 2.22. The van der Waals surface area contributed by atoms with Crippen molar-refractivity contribution in [3.63, 3.8) is 0 Å². The van der Waals surface area contributed by atoms with Crippen LogP contribution in [-0.2, 0) is 7.05 Å². The molecule has 0 radical (unpaired) electrons. The van der Waals surface area contributed by atoms with Gasteiger partial charge in [-0.25, -0.2) is 0 Å². The van der Waals surface area contributed by atoms with E-state index in [-0.39, 0.29) is 0 Å². The number of allylic oxidation sites excluding steroid dienone is 1. The number of nitrogens with zero attached hydrogens (tertiary/aromatic N) is 2. The Morgan fingerprint density at radius 1 is 1.38 bits per heavy atom. The standard InChI is InChI=1S/C13H13ClN2/c1-10(9-14)13-8-12(15-16(13)2)11-6-4-3-5-7-11/h3-8H,1,9H2,2H3. The Hall–Kier alpha value is -1.54. The van der Waals surface area contributed by atoms with E-state index in [2.05, 4.69) is 11.7 Å². The van der Waals surface area contributed by atoms with Crippen LogP contribution < -0.4 is 0 Å². The van der Waals surface area contributed by atoms with Crippen molar-refractivity contribution in [2.24, 2.45) is 7.05 Å². The lowest BCUT2D eigenvalue weighted by molar-refractivity contribution is 0.759. The molecule has 2 rings (SSSR count). The Kier molecular flexibility index (Phi) is 3.11. The maximum Gasteiger partial charge on any atom is 0.0929 e. The van der Waals surface area contributed by atoms with Gasteiger partial charge in [-0.05, 0) is 11.6 Å². The predicted octanol–water partition coefficient (Wildman–Crippen LogP) is 3.34. The van der Waals surface area contributed by atoms with Gasteiger partial charge in [-0.2, -0.15) is 5.10 Å². The number of aromatic nitrogens is 2. The SMILES string of the molecule is C=C(CCl)c1cc(-c2ccccc2)nn1C. The van der Waals surface area contributed by atoms with Crippen LogP contribution in [-0.4, -0.2) is 15.7 Å². The molecule has 1 heterocycles. The van der Waals surface area contributed by atoms with Crippen molar-refractivity contribution in [1.82, 2.24) is 9.78 Å². The molecule has 0 aliphatic heterocycles. The second-order valence-electron chi connectivity index (χ2n) is 3.64. The number of halogens is 1. The van der Waals surface area contributed by atoms with Crippen molar-refractivity contribution in [3.05, 3.63) is 48.7 Å². The number of alkyl halides is 1. The van der Waals surface area contributed by atoms with E-state index in [1.54, 1.807) is 0 Å². The van der Waals surface area contributed by atoms with E-state index in [1.807, 2.05) is 48.1 Å². The summed E-state index contributed by atoms with van der Waals surface area (Å²) in [5.74, 6) is 0.424. The van der Waals surface area contributed by atoms with Gasteiger partial charge in [-0.1, -0.05) is 36.9 Å². The Labute approximate surface area is 100 Å². The molecule has 0 bridgehead atoms. The Balaban J connectivity index is 2.42. The van der Waals surface area contributed by atoms with Gasteiger partial charge in [0.15, 0.2) is 0 Å². The molecule has 0 fully saturated rings. The van der Waals surface area contributed by atoms with E-state index in [0.717, 1.165) is 22.5 Å². The normalized spacial score (nSPS) is 10.4. The van der Waals surface area contributed by atoms with Crippen LogP contribution in [0.3, 0.4) is 0 Å². The number of hydrogen-bond acceptors (Lipinski definition) is 1. The van der Waals surface area contributed by atoms with Crippen LogP contribution in [0.5, 0.6) is 0 Å². The van der Waals surface area contributed by atoms with Crippen molar-refractivity contribution in [3.8, 4) is 11.3 Å². The van der Waals surface area contributed by atoms with Gasteiger partial charge in [-0.15, -0.1) is 11.6 Å². The number of hydrogen-bond donors (Lipinski definition) is 0. The van der Waals surface area contributed by atoms with E-state index in [4.69, 9.17) is 11.6 Å². The minimum Gasteiger partial charge on any atom is -0.268 e. The summed E-state index contributed by atoms with van der Waals surface area (Å²) in [7, 11) is 1.90. The maximum absolute atomic E-state index is 5.77. The van der Waals surface area contributed by atoms with Gasteiger partial charge in [0.2, 0.25) is 0 Å². The Bertz CT molecular complexity index is 500. The number of rotatable bonds is 3. The fraction of sp³-hybridized carbons (Fsp3) is 0.154. The van der Waals surface area contributed by atoms with Crippen molar-refractivity contribution in [2.45, 2.75) is 0 Å². The van der Waals surface area contributed by atoms with Gasteiger partial charge < -0.3 is 0 Å². The third-order valence-electron chi connectivity index (χ3n) is 2.47. The van der Waals surface area contributed by atoms with Crippen LogP contribution in [0, 0.1) is 0 Å². The number of benzene rings is 1. The molecule has 2 nitrogen and oxygen atoms in total. The summed E-state index contributed by atoms with van der Waals surface area (Å²) in [5.41, 5.74) is 3.92. The summed E-state index contributed by atoms with van der Waals surface area (Å²) < 4.78 is 1.81. The highest BCUT2D eigenvalue weighted by molar-refractivity contribution is 6.23. The molecule has 0 amide bonds. The van der Waals surface area contributed by atoms with E-state index >= 15 is 0 Å². The average molecular weight is 233 g/mol. The zero-order valence-corrected chi connectivity index (χ0v) is 9.91. The molecule has 3 heteroatoms. The van der Waals surface area contributed by atoms with Crippen LogP contribution >= 0.6 is 11.6 Å². The van der Waals surface area contributed by atoms with Crippen molar-refractivity contribution >= 4 is 17.2 Å². The topological polar surface area (TPSA) is 17.8 Å². The quantitative estimate of drug-likeness (QED) is 0.743. The first-order chi connectivity index (χ1) is 7.72. The molecule has 0 aliphatic rings. The lowest BCUT2D eigenvalue weighted by atomic mass is 10.1. The van der Waals surface area contributed by atoms with Crippen molar-refractivity contribution in [1.29, 1.82) is 0 Å². The zero-order chi connectivity index (χ0) is 11.5. The highest BCUT2D eigenvalue weighted by Gasteiger charge is 2.08. The monoisotopic (exact) mass is 232 g/mol. The highest BCUT2D eigenvalue weighted by atomic mass is 35.5. The molecule has 0 atom stereocenters. The molecular formula is C13H13ClN2. The summed E-state index contributed by atoms with van der Waals surface area (Å²) in [6.07, 6.45) is 0. The van der Waals surface area contributed by atoms with Crippen LogP contribution in [0.2, 0.25) is 0 Å². The zero-order valence-electron chi connectivity index (χ0n) is 9.15. The first-order valence-corrected chi connectivity index (χ1v) is 5.59. The minimum atomic E-state index is 0.424. The van der Waals surface area contributed by atoms with E-state index in [0.29, 0.717) is 5.88 Å². The fourth-order valence-electron chi connectivity index (χ4n) is 1.62. The van der Waals surface area contributed by atoms with Crippen LogP contribution in [0.4, 0.5) is 0 Å². The van der Waals surface area contributed by atoms with E-state index in [1.165, 1.54) is 0 Å². The molecule has 0 N–H and O–H groups in total. The maximum atomic E-state index is 5.77. The molecule has 16 heavy (non-hydrogen) atoms. The Morgan fingerprint density at radius 3 is 2.69 bits per heavy atom. The number of aryl methyl sites for hydroxylation is 1. The van der Waals surface area contributed by atoms with Crippen LogP contribution in [0.15, 0.2) is 43.0 Å². The first kappa shape index (κ1) is 11.0. The molecule has 2 aromatic rings. The largest absolute Gasteiger partial charge is 0.268 e. The molecule has 1 aromatic carbocycles. The van der Waals surface area contributed by atoms with Crippen molar-refractivity contribution in [2.75, 3.05) is 5.88 Å². The van der Waals surface area contributed by atoms with Gasteiger partial charge >= 0.3 is 0 Å². The summed E-state index contributed by atoms with van der Waals surface area (Å²) in [4.78, 5) is 0. The molecular weight excluding hydrogens is 220 g/mol. The lowest BCUT2D eigenvalue weighted by Crippen LogP contribution is -1.97. The molecule has 0 saturated carbocycles. The molecule has 0 saturated heterocycles. The van der Waals surface area contributed by atoms with Crippen LogP contribution in [0.25, 0.3) is 16.8 Å². The van der Waals surface area contributed by atoms with Gasteiger partial charge in [0.1, 0.15) is 0 Å². The summed E-state index contributed by atoms with van der Waals surface area (Å²) in [6, 6.07) is 12.1. The van der Waals surface area contributed by atoms with Gasteiger partial charge in [0, 0.05) is 18.5 Å². The van der Waals surface area contributed by atoms with E-state index in [9.17, 15) is 0 Å². The average Bonchev–Trinajstić information content (AvgIpc) is 2.71. The molecule has 0 unspecified atom stereocenters. The second kappa shape index (κ2) is 4.54. The summed E-state index contributed by atoms with van der Waals surface area (Å²) >= 11 is 5.77. The third-order valence-corrected chi connectivity index (χ3v) is 2.80. The molecule has 0 spiro atoms. The molecule has 0 aliphatic carbocycles. The molecule has 1 aromatic heterocycles. The smallest absolute Gasteiger partial charge is 0.0929 e. The van der Waals surface area contributed by atoms with Crippen LogP contribution in [0.1, 0.15) is 5.69 Å². The Morgan fingerprint density at radius 2 is 2.06 bits per heavy atom. The minimum absolute atomic E-state index is 0.424. The fourth-order valence-corrected chi connectivity index (χ4v) is 1.75. The second-order valence-corrected chi connectivity index (χ2v) is 3.91. The van der Waals surface area contributed by atoms with Gasteiger partial charge in [-0.3, -0.25) is 4.68 Å².